The van der Waals surface area contributed by atoms with E-state index in [1.165, 1.54) is 0 Å². The first-order chi connectivity index (χ1) is 12.2. The molecular weight excluding hydrogens is 334 g/mol. The number of amides is 1. The molecule has 0 atom stereocenters. The number of carbonyl (C=O) groups excluding carboxylic acids is 1. The third kappa shape index (κ3) is 4.74. The summed E-state index contributed by atoms with van der Waals surface area (Å²) in [6.45, 7) is 0.791. The van der Waals surface area contributed by atoms with Gasteiger partial charge >= 0.3 is 0 Å². The van der Waals surface area contributed by atoms with E-state index in [2.05, 4.69) is 15.3 Å². The molecule has 0 spiro atoms. The van der Waals surface area contributed by atoms with Crippen LogP contribution in [-0.4, -0.2) is 15.9 Å². The molecule has 0 saturated carbocycles. The van der Waals surface area contributed by atoms with Crippen LogP contribution in [0, 0.1) is 4.64 Å². The van der Waals surface area contributed by atoms with Crippen LogP contribution >= 0.6 is 12.2 Å². The Labute approximate surface area is 150 Å². The van der Waals surface area contributed by atoms with Crippen LogP contribution in [0.25, 0.3) is 0 Å². The Balaban J connectivity index is 1.59. The molecule has 0 unspecified atom stereocenters. The summed E-state index contributed by atoms with van der Waals surface area (Å²) in [5.74, 6) is 0.524. The highest BCUT2D eigenvalue weighted by atomic mass is 32.1. The van der Waals surface area contributed by atoms with Gasteiger partial charge in [0, 0.05) is 18.9 Å². The van der Waals surface area contributed by atoms with Crippen molar-refractivity contribution in [1.82, 2.24) is 15.3 Å². The summed E-state index contributed by atoms with van der Waals surface area (Å²) >= 11 is 5.12. The Morgan fingerprint density at radius 2 is 2.08 bits per heavy atom. The summed E-state index contributed by atoms with van der Waals surface area (Å²) < 4.78 is 6.17. The van der Waals surface area contributed by atoms with E-state index in [0.29, 0.717) is 23.4 Å². The molecule has 0 aliphatic heterocycles. The van der Waals surface area contributed by atoms with Crippen LogP contribution in [0.2, 0.25) is 0 Å². The quantitative estimate of drug-likeness (QED) is 0.665. The number of nitrogens with zero attached hydrogens (tertiary/aromatic N) is 1. The minimum absolute atomic E-state index is 0.207. The van der Waals surface area contributed by atoms with E-state index < -0.39 is 0 Å². The van der Waals surface area contributed by atoms with Crippen molar-refractivity contribution >= 4 is 18.1 Å². The second kappa shape index (κ2) is 8.21. The molecule has 3 rings (SSSR count). The molecule has 0 radical (unpaired) electrons. The third-order valence-electron chi connectivity index (χ3n) is 3.53. The number of hydrogen-bond donors (Lipinski definition) is 2. The second-order valence-corrected chi connectivity index (χ2v) is 5.76. The number of pyridine rings is 2. The number of aromatic amines is 1. The summed E-state index contributed by atoms with van der Waals surface area (Å²) in [5, 5.41) is 2.86. The zero-order valence-corrected chi connectivity index (χ0v) is 14.3. The van der Waals surface area contributed by atoms with E-state index in [9.17, 15) is 4.79 Å². The van der Waals surface area contributed by atoms with Gasteiger partial charge in [-0.2, -0.15) is 0 Å². The number of H-pyrrole nitrogens is 1. The van der Waals surface area contributed by atoms with Crippen LogP contribution in [0.5, 0.6) is 5.75 Å². The lowest BCUT2D eigenvalue weighted by Gasteiger charge is -2.09. The molecule has 2 heterocycles. The van der Waals surface area contributed by atoms with E-state index in [1.54, 1.807) is 24.5 Å². The van der Waals surface area contributed by atoms with Crippen LogP contribution in [0.4, 0.5) is 0 Å². The molecule has 1 aromatic carbocycles. The monoisotopic (exact) mass is 351 g/mol. The molecule has 6 heteroatoms. The van der Waals surface area contributed by atoms with Gasteiger partial charge in [0.15, 0.2) is 0 Å². The van der Waals surface area contributed by atoms with E-state index >= 15 is 0 Å². The molecular formula is C19H17N3O2S. The summed E-state index contributed by atoms with van der Waals surface area (Å²) in [6.07, 6.45) is 3.43. The molecule has 1 amide bonds. The zero-order valence-electron chi connectivity index (χ0n) is 13.4. The van der Waals surface area contributed by atoms with Crippen molar-refractivity contribution in [2.24, 2.45) is 0 Å². The van der Waals surface area contributed by atoms with E-state index in [4.69, 9.17) is 17.0 Å². The van der Waals surface area contributed by atoms with Gasteiger partial charge in [-0.1, -0.05) is 30.4 Å². The standard InChI is InChI=1S/C19H17N3O2S/c23-18(17-8-4-10-21-19(17)25)22-12-14-5-3-7-16(11-14)24-13-15-6-1-2-9-20-15/h1-11H,12-13H2,(H,21,25)(H,22,23). The summed E-state index contributed by atoms with van der Waals surface area (Å²) in [6, 6.07) is 16.7. The minimum atomic E-state index is -0.207. The molecule has 2 aromatic heterocycles. The van der Waals surface area contributed by atoms with E-state index in [-0.39, 0.29) is 5.91 Å². The Kier molecular flexibility index (Phi) is 5.53. The fraction of sp³-hybridized carbons (Fsp3) is 0.105. The predicted molar refractivity (Wildman–Crippen MR) is 97.8 cm³/mol. The molecule has 0 aliphatic rings. The molecule has 0 bridgehead atoms. The van der Waals surface area contributed by atoms with Crippen molar-refractivity contribution in [2.75, 3.05) is 0 Å². The fourth-order valence-corrected chi connectivity index (χ4v) is 2.49. The molecule has 25 heavy (non-hydrogen) atoms. The van der Waals surface area contributed by atoms with Gasteiger partial charge in [0.05, 0.1) is 11.3 Å². The Hall–Kier alpha value is -2.99. The van der Waals surface area contributed by atoms with Gasteiger partial charge in [-0.3, -0.25) is 9.78 Å². The molecule has 2 N–H and O–H groups in total. The first-order valence-corrected chi connectivity index (χ1v) is 8.21. The number of benzene rings is 1. The van der Waals surface area contributed by atoms with E-state index in [1.807, 2.05) is 42.5 Å². The Morgan fingerprint density at radius 3 is 2.88 bits per heavy atom. The van der Waals surface area contributed by atoms with Gasteiger partial charge in [0.1, 0.15) is 17.0 Å². The van der Waals surface area contributed by atoms with Gasteiger partial charge in [0.2, 0.25) is 0 Å². The van der Waals surface area contributed by atoms with E-state index in [0.717, 1.165) is 17.0 Å². The highest BCUT2D eigenvalue weighted by Gasteiger charge is 2.07. The SMILES string of the molecule is O=C(NCc1cccc(OCc2ccccn2)c1)c1ccc[nH]c1=S. The van der Waals surface area contributed by atoms with Gasteiger partial charge in [-0.05, 0) is 42.0 Å². The number of aromatic nitrogens is 2. The zero-order chi connectivity index (χ0) is 17.5. The Bertz CT molecular complexity index is 910. The first kappa shape index (κ1) is 16.9. The number of ether oxygens (including phenoxy) is 1. The topological polar surface area (TPSA) is 67.0 Å². The normalized spacial score (nSPS) is 10.2. The number of hydrogen-bond acceptors (Lipinski definition) is 4. The first-order valence-electron chi connectivity index (χ1n) is 7.80. The molecule has 126 valence electrons. The average molecular weight is 351 g/mol. The molecule has 0 aliphatic carbocycles. The minimum Gasteiger partial charge on any atom is -0.487 e. The highest BCUT2D eigenvalue weighted by Crippen LogP contribution is 2.15. The van der Waals surface area contributed by atoms with Gasteiger partial charge in [0.25, 0.3) is 5.91 Å². The lowest BCUT2D eigenvalue weighted by atomic mass is 10.2. The van der Waals surface area contributed by atoms with Crippen molar-refractivity contribution in [2.45, 2.75) is 13.2 Å². The average Bonchev–Trinajstić information content (AvgIpc) is 2.66. The van der Waals surface area contributed by atoms with Crippen molar-refractivity contribution < 1.29 is 9.53 Å². The number of nitrogens with one attached hydrogen (secondary N) is 2. The summed E-state index contributed by atoms with van der Waals surface area (Å²) in [7, 11) is 0. The lowest BCUT2D eigenvalue weighted by Crippen LogP contribution is -2.23. The Morgan fingerprint density at radius 1 is 1.16 bits per heavy atom. The van der Waals surface area contributed by atoms with Crippen LogP contribution in [0.15, 0.2) is 67.0 Å². The smallest absolute Gasteiger partial charge is 0.254 e. The second-order valence-electron chi connectivity index (χ2n) is 5.35. The molecule has 0 fully saturated rings. The lowest BCUT2D eigenvalue weighted by molar-refractivity contribution is 0.0950. The summed E-state index contributed by atoms with van der Waals surface area (Å²) in [4.78, 5) is 19.3. The van der Waals surface area contributed by atoms with Crippen molar-refractivity contribution in [3.63, 3.8) is 0 Å². The molecule has 0 saturated heterocycles. The third-order valence-corrected chi connectivity index (χ3v) is 3.86. The van der Waals surface area contributed by atoms with Crippen LogP contribution in [-0.2, 0) is 13.2 Å². The predicted octanol–water partition coefficient (Wildman–Crippen LogP) is 3.65. The van der Waals surface area contributed by atoms with Gasteiger partial charge < -0.3 is 15.0 Å². The highest BCUT2D eigenvalue weighted by molar-refractivity contribution is 7.71. The maximum Gasteiger partial charge on any atom is 0.254 e. The molecule has 5 nitrogen and oxygen atoms in total. The maximum atomic E-state index is 12.2. The maximum absolute atomic E-state index is 12.2. The van der Waals surface area contributed by atoms with Crippen LogP contribution in [0.3, 0.4) is 0 Å². The number of carbonyl (C=O) groups is 1. The van der Waals surface area contributed by atoms with Crippen molar-refractivity contribution in [3.05, 3.63) is 88.5 Å². The van der Waals surface area contributed by atoms with Crippen LogP contribution < -0.4 is 10.1 Å². The van der Waals surface area contributed by atoms with Crippen LogP contribution in [0.1, 0.15) is 21.6 Å². The number of rotatable bonds is 6. The molecule has 3 aromatic rings. The van der Waals surface area contributed by atoms with Crippen molar-refractivity contribution in [3.8, 4) is 5.75 Å². The van der Waals surface area contributed by atoms with Crippen molar-refractivity contribution in [1.29, 1.82) is 0 Å². The van der Waals surface area contributed by atoms with Gasteiger partial charge in [-0.25, -0.2) is 0 Å². The fourth-order valence-electron chi connectivity index (χ4n) is 2.26. The van der Waals surface area contributed by atoms with Gasteiger partial charge in [-0.15, -0.1) is 0 Å². The summed E-state index contributed by atoms with van der Waals surface area (Å²) in [5.41, 5.74) is 2.26. The largest absolute Gasteiger partial charge is 0.487 e.